The molecule has 0 aliphatic rings. The Hall–Kier alpha value is -2.83. The lowest BCUT2D eigenvalue weighted by Crippen LogP contribution is -2.22. The van der Waals surface area contributed by atoms with Gasteiger partial charge in [-0.15, -0.1) is 0 Å². The molecule has 132 valence electrons. The lowest BCUT2D eigenvalue weighted by molar-refractivity contribution is 0.0921. The van der Waals surface area contributed by atoms with Gasteiger partial charge >= 0.3 is 0 Å². The zero-order valence-corrected chi connectivity index (χ0v) is 15.0. The van der Waals surface area contributed by atoms with Gasteiger partial charge in [0.15, 0.2) is 5.76 Å². The second-order valence-electron chi connectivity index (χ2n) is 6.13. The molecule has 0 aromatic carbocycles. The van der Waals surface area contributed by atoms with E-state index in [4.69, 9.17) is 4.42 Å². The summed E-state index contributed by atoms with van der Waals surface area (Å²) in [7, 11) is 0. The zero-order valence-electron chi connectivity index (χ0n) is 15.0. The summed E-state index contributed by atoms with van der Waals surface area (Å²) in [5.41, 5.74) is 3.95. The number of carbonyl (C=O) groups excluding carboxylic acids is 1. The molecule has 0 aliphatic heterocycles. The van der Waals surface area contributed by atoms with Crippen LogP contribution in [0.3, 0.4) is 0 Å². The summed E-state index contributed by atoms with van der Waals surface area (Å²) >= 11 is 0. The molecule has 0 unspecified atom stereocenters. The van der Waals surface area contributed by atoms with Crippen molar-refractivity contribution in [3.63, 3.8) is 0 Å². The normalized spacial score (nSPS) is 11.0. The molecule has 0 fully saturated rings. The van der Waals surface area contributed by atoms with Crippen molar-refractivity contribution in [1.29, 1.82) is 0 Å². The fourth-order valence-corrected chi connectivity index (χ4v) is 2.72. The predicted octanol–water partition coefficient (Wildman–Crippen LogP) is 2.60. The topological polar surface area (TPSA) is 77.9 Å². The second kappa shape index (κ2) is 6.96. The second-order valence-corrected chi connectivity index (χ2v) is 6.13. The quantitative estimate of drug-likeness (QED) is 0.747. The maximum absolute atomic E-state index is 12.3. The third-order valence-corrected chi connectivity index (χ3v) is 4.11. The van der Waals surface area contributed by atoms with E-state index in [0.29, 0.717) is 24.6 Å². The number of nitrogens with zero attached hydrogens (tertiary/aromatic N) is 4. The van der Waals surface area contributed by atoms with Gasteiger partial charge in [0.2, 0.25) is 0 Å². The number of aryl methyl sites for hydroxylation is 4. The van der Waals surface area contributed by atoms with Gasteiger partial charge in [0.1, 0.15) is 5.76 Å². The Balaban J connectivity index is 1.62. The molecule has 7 nitrogen and oxygen atoms in total. The molecule has 3 aromatic heterocycles. The minimum absolute atomic E-state index is 0.233. The number of aromatic nitrogens is 4. The lowest BCUT2D eigenvalue weighted by atomic mass is 10.2. The largest absolute Gasteiger partial charge is 0.454 e. The van der Waals surface area contributed by atoms with Crippen molar-refractivity contribution in [2.24, 2.45) is 0 Å². The Kier molecular flexibility index (Phi) is 4.74. The Morgan fingerprint density at radius 3 is 2.68 bits per heavy atom. The zero-order chi connectivity index (χ0) is 18.0. The highest BCUT2D eigenvalue weighted by Gasteiger charge is 2.13. The first-order valence-corrected chi connectivity index (χ1v) is 8.37. The first kappa shape index (κ1) is 17.0. The fourth-order valence-electron chi connectivity index (χ4n) is 2.72. The lowest BCUT2D eigenvalue weighted by Gasteiger charge is -2.03. The molecule has 7 heteroatoms. The van der Waals surface area contributed by atoms with Crippen molar-refractivity contribution in [1.82, 2.24) is 24.9 Å². The summed E-state index contributed by atoms with van der Waals surface area (Å²) < 4.78 is 9.38. The summed E-state index contributed by atoms with van der Waals surface area (Å²) in [6, 6.07) is 5.51. The average molecular weight is 341 g/mol. The van der Waals surface area contributed by atoms with Crippen LogP contribution in [0.5, 0.6) is 0 Å². The van der Waals surface area contributed by atoms with Gasteiger partial charge in [0, 0.05) is 30.5 Å². The summed E-state index contributed by atoms with van der Waals surface area (Å²) in [5, 5.41) is 11.7. The number of furan rings is 1. The van der Waals surface area contributed by atoms with Gasteiger partial charge in [-0.3, -0.25) is 14.2 Å². The number of nitrogens with one attached hydrogen (secondary N) is 1. The Bertz CT molecular complexity index is 887. The molecule has 3 rings (SSSR count). The maximum atomic E-state index is 12.3. The van der Waals surface area contributed by atoms with Crippen LogP contribution < -0.4 is 5.32 Å². The van der Waals surface area contributed by atoms with Crippen LogP contribution in [0, 0.1) is 20.8 Å². The van der Waals surface area contributed by atoms with Gasteiger partial charge < -0.3 is 9.73 Å². The molecule has 0 atom stereocenters. The van der Waals surface area contributed by atoms with E-state index in [2.05, 4.69) is 15.5 Å². The summed E-state index contributed by atoms with van der Waals surface area (Å²) in [6.07, 6.45) is 1.95. The third-order valence-electron chi connectivity index (χ3n) is 4.11. The first-order chi connectivity index (χ1) is 12.0. The first-order valence-electron chi connectivity index (χ1n) is 8.37. The van der Waals surface area contributed by atoms with Crippen molar-refractivity contribution >= 4 is 5.91 Å². The van der Waals surface area contributed by atoms with Crippen LogP contribution in [0.25, 0.3) is 0 Å². The van der Waals surface area contributed by atoms with Crippen LogP contribution in [0.15, 0.2) is 28.8 Å². The number of amides is 1. The van der Waals surface area contributed by atoms with E-state index in [9.17, 15) is 4.79 Å². The molecule has 1 amide bonds. The highest BCUT2D eigenvalue weighted by molar-refractivity contribution is 5.91. The molecule has 0 saturated heterocycles. The molecule has 0 aliphatic carbocycles. The van der Waals surface area contributed by atoms with Crippen LogP contribution in [-0.2, 0) is 19.6 Å². The minimum atomic E-state index is -0.233. The van der Waals surface area contributed by atoms with Gasteiger partial charge in [-0.1, -0.05) is 0 Å². The van der Waals surface area contributed by atoms with E-state index in [0.717, 1.165) is 29.2 Å². The molecule has 3 aromatic rings. The highest BCUT2D eigenvalue weighted by atomic mass is 16.4. The average Bonchev–Trinajstić information content (AvgIpc) is 3.25. The summed E-state index contributed by atoms with van der Waals surface area (Å²) in [6.45, 7) is 9.66. The van der Waals surface area contributed by atoms with Gasteiger partial charge in [0.25, 0.3) is 5.91 Å². The fraction of sp³-hybridized carbons (Fsp3) is 0.389. The van der Waals surface area contributed by atoms with E-state index in [-0.39, 0.29) is 5.91 Å². The van der Waals surface area contributed by atoms with Crippen LogP contribution in [0.1, 0.15) is 45.9 Å². The maximum Gasteiger partial charge on any atom is 0.287 e. The molecule has 0 bridgehead atoms. The van der Waals surface area contributed by atoms with E-state index >= 15 is 0 Å². The molecular formula is C18H23N5O2. The minimum Gasteiger partial charge on any atom is -0.454 e. The van der Waals surface area contributed by atoms with Gasteiger partial charge in [-0.2, -0.15) is 10.2 Å². The summed E-state index contributed by atoms with van der Waals surface area (Å²) in [5.74, 6) is 0.770. The molecule has 1 N–H and O–H groups in total. The van der Waals surface area contributed by atoms with E-state index in [1.165, 1.54) is 0 Å². The standard InChI is InChI=1S/C18H23N5O2/c1-5-22-10-15(14(4)21-22)9-19-18(24)17-7-6-16(25-17)11-23-13(3)8-12(2)20-23/h6-8,10H,5,9,11H2,1-4H3,(H,19,24). The van der Waals surface area contributed by atoms with Crippen molar-refractivity contribution in [2.45, 2.75) is 47.3 Å². The van der Waals surface area contributed by atoms with Crippen LogP contribution in [0.4, 0.5) is 0 Å². The Labute approximate surface area is 146 Å². The van der Waals surface area contributed by atoms with Crippen molar-refractivity contribution in [3.05, 3.63) is 58.6 Å². The molecule has 0 radical (unpaired) electrons. The summed E-state index contributed by atoms with van der Waals surface area (Å²) in [4.78, 5) is 12.3. The molecular weight excluding hydrogens is 318 g/mol. The van der Waals surface area contributed by atoms with Gasteiger partial charge in [-0.25, -0.2) is 0 Å². The monoisotopic (exact) mass is 341 g/mol. The predicted molar refractivity (Wildman–Crippen MR) is 93.3 cm³/mol. The number of hydrogen-bond donors (Lipinski definition) is 1. The van der Waals surface area contributed by atoms with Gasteiger partial charge in [-0.05, 0) is 45.9 Å². The molecule has 0 spiro atoms. The number of rotatable bonds is 6. The Morgan fingerprint density at radius 2 is 2.04 bits per heavy atom. The molecule has 25 heavy (non-hydrogen) atoms. The molecule has 3 heterocycles. The van der Waals surface area contributed by atoms with E-state index < -0.39 is 0 Å². The number of hydrogen-bond acceptors (Lipinski definition) is 4. The SMILES string of the molecule is CCn1cc(CNC(=O)c2ccc(Cn3nc(C)cc3C)o2)c(C)n1. The van der Waals surface area contributed by atoms with Crippen molar-refractivity contribution in [3.8, 4) is 0 Å². The highest BCUT2D eigenvalue weighted by Crippen LogP contribution is 2.12. The van der Waals surface area contributed by atoms with Crippen LogP contribution in [-0.4, -0.2) is 25.5 Å². The third kappa shape index (κ3) is 3.81. The van der Waals surface area contributed by atoms with E-state index in [1.807, 2.05) is 55.4 Å². The van der Waals surface area contributed by atoms with Crippen LogP contribution in [0.2, 0.25) is 0 Å². The van der Waals surface area contributed by atoms with Crippen molar-refractivity contribution < 1.29 is 9.21 Å². The smallest absolute Gasteiger partial charge is 0.287 e. The number of carbonyl (C=O) groups is 1. The molecule has 0 saturated carbocycles. The van der Waals surface area contributed by atoms with E-state index in [1.54, 1.807) is 6.07 Å². The van der Waals surface area contributed by atoms with Crippen molar-refractivity contribution in [2.75, 3.05) is 0 Å². The Morgan fingerprint density at radius 1 is 1.24 bits per heavy atom. The van der Waals surface area contributed by atoms with Gasteiger partial charge in [0.05, 0.1) is 17.9 Å². The van der Waals surface area contributed by atoms with Crippen LogP contribution >= 0.6 is 0 Å².